The first-order chi connectivity index (χ1) is 3.34. The summed E-state index contributed by atoms with van der Waals surface area (Å²) in [4.78, 5) is 2.22. The van der Waals surface area contributed by atoms with Gasteiger partial charge in [0.2, 0.25) is 0 Å². The molecule has 0 bridgehead atoms. The molecule has 0 aromatic carbocycles. The lowest BCUT2D eigenvalue weighted by atomic mass is 10.3. The number of aliphatic hydroxyl groups excluding tert-OH is 1. The molecule has 0 aromatic rings. The minimum Gasteiger partial charge on any atom is -0.396 e. The number of nitrogens with zero attached hydrogens (tertiary/aromatic N) is 1. The molecule has 2 nitrogen and oxygen atoms in total. The molecule has 1 fully saturated rings. The van der Waals surface area contributed by atoms with Crippen molar-refractivity contribution in [2.24, 2.45) is 0 Å². The highest BCUT2D eigenvalue weighted by Crippen LogP contribution is 2.15. The van der Waals surface area contributed by atoms with Crippen molar-refractivity contribution in [3.8, 4) is 0 Å². The molecule has 0 aromatic heterocycles. The Bertz CT molecular complexity index is 65.1. The monoisotopic (exact) mass is 101 g/mol. The maximum absolute atomic E-state index is 8.37. The number of aliphatic hydroxyl groups is 1. The molecule has 1 heterocycles. The van der Waals surface area contributed by atoms with Gasteiger partial charge in [-0.2, -0.15) is 0 Å². The molecule has 42 valence electrons. The highest BCUT2D eigenvalue weighted by atomic mass is 16.3. The Hall–Kier alpha value is -0.0800. The van der Waals surface area contributed by atoms with Gasteiger partial charge in [0.15, 0.2) is 0 Å². The quantitative estimate of drug-likeness (QED) is 0.482. The van der Waals surface area contributed by atoms with E-state index in [2.05, 4.69) is 11.9 Å². The molecule has 1 unspecified atom stereocenters. The molecule has 0 saturated carbocycles. The van der Waals surface area contributed by atoms with Crippen molar-refractivity contribution in [2.45, 2.75) is 12.5 Å². The summed E-state index contributed by atoms with van der Waals surface area (Å²) in [7, 11) is 2.07. The number of rotatable bonds is 2. The lowest BCUT2D eigenvalue weighted by Crippen LogP contribution is -1.96. The molecule has 1 aliphatic heterocycles. The van der Waals surface area contributed by atoms with E-state index in [4.69, 9.17) is 5.11 Å². The summed E-state index contributed by atoms with van der Waals surface area (Å²) in [5, 5.41) is 8.37. The van der Waals surface area contributed by atoms with Crippen LogP contribution in [0.4, 0.5) is 0 Å². The van der Waals surface area contributed by atoms with E-state index in [-0.39, 0.29) is 0 Å². The summed E-state index contributed by atoms with van der Waals surface area (Å²) in [6.45, 7) is 1.52. The molecule has 0 radical (unpaired) electrons. The predicted molar refractivity (Wildman–Crippen MR) is 28.1 cm³/mol. The molecular weight excluding hydrogens is 90.1 g/mol. The SMILES string of the molecule is CN1C[C@@H]1CCO. The van der Waals surface area contributed by atoms with Gasteiger partial charge in [-0.25, -0.2) is 0 Å². The van der Waals surface area contributed by atoms with Gasteiger partial charge >= 0.3 is 0 Å². The highest BCUT2D eigenvalue weighted by Gasteiger charge is 2.27. The lowest BCUT2D eigenvalue weighted by molar-refractivity contribution is 0.281. The number of likely N-dealkylation sites (N-methyl/N-ethyl adjacent to an activating group) is 1. The van der Waals surface area contributed by atoms with E-state index in [1.54, 1.807) is 0 Å². The third kappa shape index (κ3) is 1.14. The summed E-state index contributed by atoms with van der Waals surface area (Å²) in [5.41, 5.74) is 0. The van der Waals surface area contributed by atoms with E-state index in [1.807, 2.05) is 0 Å². The van der Waals surface area contributed by atoms with Crippen LogP contribution >= 0.6 is 0 Å². The van der Waals surface area contributed by atoms with Crippen molar-refractivity contribution in [2.75, 3.05) is 20.2 Å². The standard InChI is InChI=1S/C5H11NO/c1-6-4-5(6)2-3-7/h5,7H,2-4H2,1H3/t5-,6?/m0/s1. The van der Waals surface area contributed by atoms with Gasteiger partial charge in [0, 0.05) is 19.2 Å². The van der Waals surface area contributed by atoms with Gasteiger partial charge in [-0.15, -0.1) is 0 Å². The van der Waals surface area contributed by atoms with Crippen LogP contribution in [0.2, 0.25) is 0 Å². The first-order valence-electron chi connectivity index (χ1n) is 2.65. The molecule has 1 rings (SSSR count). The van der Waals surface area contributed by atoms with Gasteiger partial charge in [-0.1, -0.05) is 0 Å². The van der Waals surface area contributed by atoms with E-state index in [1.165, 1.54) is 6.54 Å². The van der Waals surface area contributed by atoms with Gasteiger partial charge in [-0.05, 0) is 13.5 Å². The minimum atomic E-state index is 0.342. The molecule has 0 amide bonds. The van der Waals surface area contributed by atoms with Gasteiger partial charge in [0.1, 0.15) is 0 Å². The smallest absolute Gasteiger partial charge is 0.0446 e. The third-order valence-corrected chi connectivity index (χ3v) is 1.45. The summed E-state index contributed by atoms with van der Waals surface area (Å²) in [5.74, 6) is 0. The van der Waals surface area contributed by atoms with Crippen LogP contribution in [0.25, 0.3) is 0 Å². The molecule has 2 atom stereocenters. The average Bonchev–Trinajstić information content (AvgIpc) is 2.22. The zero-order chi connectivity index (χ0) is 5.28. The zero-order valence-corrected chi connectivity index (χ0v) is 4.59. The van der Waals surface area contributed by atoms with Crippen LogP contribution in [-0.4, -0.2) is 36.2 Å². The molecule has 1 aliphatic rings. The summed E-state index contributed by atoms with van der Waals surface area (Å²) >= 11 is 0. The fourth-order valence-corrected chi connectivity index (χ4v) is 0.746. The van der Waals surface area contributed by atoms with Crippen LogP contribution in [-0.2, 0) is 0 Å². The van der Waals surface area contributed by atoms with E-state index in [0.29, 0.717) is 12.6 Å². The Morgan fingerprint density at radius 1 is 1.86 bits per heavy atom. The van der Waals surface area contributed by atoms with Crippen LogP contribution in [0.1, 0.15) is 6.42 Å². The lowest BCUT2D eigenvalue weighted by Gasteiger charge is -1.88. The molecular formula is C5H11NO. The van der Waals surface area contributed by atoms with Crippen molar-refractivity contribution < 1.29 is 5.11 Å². The second-order valence-corrected chi connectivity index (χ2v) is 2.11. The van der Waals surface area contributed by atoms with Gasteiger partial charge in [-0.3, -0.25) is 0 Å². The molecule has 7 heavy (non-hydrogen) atoms. The first kappa shape index (κ1) is 5.06. The normalized spacial score (nSPS) is 38.6. The van der Waals surface area contributed by atoms with Gasteiger partial charge < -0.3 is 10.0 Å². The van der Waals surface area contributed by atoms with Gasteiger partial charge in [0.25, 0.3) is 0 Å². The Morgan fingerprint density at radius 3 is 2.57 bits per heavy atom. The summed E-state index contributed by atoms with van der Waals surface area (Å²) in [6.07, 6.45) is 0.955. The van der Waals surface area contributed by atoms with Crippen LogP contribution in [0.5, 0.6) is 0 Å². The second-order valence-electron chi connectivity index (χ2n) is 2.11. The number of hydrogen-bond donors (Lipinski definition) is 1. The Balaban J connectivity index is 1.98. The van der Waals surface area contributed by atoms with E-state index < -0.39 is 0 Å². The minimum absolute atomic E-state index is 0.342. The van der Waals surface area contributed by atoms with Crippen LogP contribution in [0, 0.1) is 0 Å². The molecule has 2 heteroatoms. The largest absolute Gasteiger partial charge is 0.396 e. The fraction of sp³-hybridized carbons (Fsp3) is 1.00. The van der Waals surface area contributed by atoms with Crippen molar-refractivity contribution in [3.63, 3.8) is 0 Å². The molecule has 1 N–H and O–H groups in total. The number of hydrogen-bond acceptors (Lipinski definition) is 2. The second kappa shape index (κ2) is 1.80. The maximum atomic E-state index is 8.37. The predicted octanol–water partition coefficient (Wildman–Crippen LogP) is -0.317. The van der Waals surface area contributed by atoms with Crippen molar-refractivity contribution in [1.82, 2.24) is 4.90 Å². The summed E-state index contributed by atoms with van der Waals surface area (Å²) < 4.78 is 0. The van der Waals surface area contributed by atoms with Crippen LogP contribution < -0.4 is 0 Å². The molecule has 1 saturated heterocycles. The summed E-state index contributed by atoms with van der Waals surface area (Å²) in [6, 6.07) is 0.699. The average molecular weight is 101 g/mol. The topological polar surface area (TPSA) is 23.2 Å². The van der Waals surface area contributed by atoms with E-state index >= 15 is 0 Å². The molecule has 0 aliphatic carbocycles. The van der Waals surface area contributed by atoms with Crippen molar-refractivity contribution >= 4 is 0 Å². The highest BCUT2D eigenvalue weighted by molar-refractivity contribution is 4.84. The van der Waals surface area contributed by atoms with Crippen molar-refractivity contribution in [1.29, 1.82) is 0 Å². The van der Waals surface area contributed by atoms with Crippen LogP contribution in [0.3, 0.4) is 0 Å². The van der Waals surface area contributed by atoms with Crippen molar-refractivity contribution in [3.05, 3.63) is 0 Å². The van der Waals surface area contributed by atoms with Crippen LogP contribution in [0.15, 0.2) is 0 Å². The molecule has 0 spiro atoms. The maximum Gasteiger partial charge on any atom is 0.0446 e. The zero-order valence-electron chi connectivity index (χ0n) is 4.59. The Morgan fingerprint density at radius 2 is 2.43 bits per heavy atom. The fourth-order valence-electron chi connectivity index (χ4n) is 0.746. The Labute approximate surface area is 43.7 Å². The first-order valence-corrected chi connectivity index (χ1v) is 2.65. The van der Waals surface area contributed by atoms with Gasteiger partial charge in [0.05, 0.1) is 0 Å². The van der Waals surface area contributed by atoms with E-state index in [9.17, 15) is 0 Å². The Kier molecular flexibility index (Phi) is 1.30. The van der Waals surface area contributed by atoms with E-state index in [0.717, 1.165) is 6.42 Å². The third-order valence-electron chi connectivity index (χ3n) is 1.45.